The van der Waals surface area contributed by atoms with Crippen LogP contribution < -0.4 is 11.0 Å². The highest BCUT2D eigenvalue weighted by molar-refractivity contribution is 6.01. The van der Waals surface area contributed by atoms with Gasteiger partial charge in [0.15, 0.2) is 0 Å². The second-order valence-electron chi connectivity index (χ2n) is 4.05. The van der Waals surface area contributed by atoms with Crippen molar-refractivity contribution in [1.82, 2.24) is 25.4 Å². The van der Waals surface area contributed by atoms with E-state index in [4.69, 9.17) is 0 Å². The summed E-state index contributed by atoms with van der Waals surface area (Å²) in [6.45, 7) is 0. The third-order valence-electron chi connectivity index (χ3n) is 2.67. The minimum absolute atomic E-state index is 0.0660. The number of aromatic amines is 3. The summed E-state index contributed by atoms with van der Waals surface area (Å²) in [4.78, 5) is 25.0. The molecule has 1 amide bonds. The van der Waals surface area contributed by atoms with E-state index in [9.17, 15) is 9.59 Å². The number of rotatable bonds is 3. The molecule has 0 unspecified atom stereocenters. The maximum absolute atomic E-state index is 11.8. The van der Waals surface area contributed by atoms with Crippen LogP contribution in [0.15, 0.2) is 41.5 Å². The molecule has 0 aliphatic rings. The average Bonchev–Trinajstić information content (AvgIpc) is 3.10. The SMILES string of the molecule is O=C(Nc1cccc(-c2cn[nH]c2)c1)c1n[nH]c(=O)[nH]1. The van der Waals surface area contributed by atoms with Crippen molar-refractivity contribution in [2.45, 2.75) is 0 Å². The van der Waals surface area contributed by atoms with Gasteiger partial charge in [0.2, 0.25) is 5.82 Å². The highest BCUT2D eigenvalue weighted by Crippen LogP contribution is 2.21. The van der Waals surface area contributed by atoms with E-state index in [1.165, 1.54) is 0 Å². The minimum atomic E-state index is -0.526. The third kappa shape index (κ3) is 2.34. The van der Waals surface area contributed by atoms with Crippen LogP contribution >= 0.6 is 0 Å². The van der Waals surface area contributed by atoms with Crippen molar-refractivity contribution in [3.8, 4) is 11.1 Å². The highest BCUT2D eigenvalue weighted by Gasteiger charge is 2.10. The second-order valence-corrected chi connectivity index (χ2v) is 4.05. The molecule has 3 rings (SSSR count). The summed E-state index contributed by atoms with van der Waals surface area (Å²) in [5.41, 5.74) is 1.89. The number of carbonyl (C=O) groups is 1. The van der Waals surface area contributed by atoms with E-state index in [1.807, 2.05) is 12.1 Å². The Morgan fingerprint density at radius 3 is 2.85 bits per heavy atom. The topological polar surface area (TPSA) is 119 Å². The fourth-order valence-electron chi connectivity index (χ4n) is 1.75. The number of nitrogens with one attached hydrogen (secondary N) is 4. The van der Waals surface area contributed by atoms with Gasteiger partial charge in [-0.2, -0.15) is 5.10 Å². The van der Waals surface area contributed by atoms with Crippen LogP contribution in [0.5, 0.6) is 0 Å². The smallest absolute Gasteiger partial charge is 0.319 e. The molecular formula is C12H10N6O2. The van der Waals surface area contributed by atoms with Crippen molar-refractivity contribution in [1.29, 1.82) is 0 Å². The fraction of sp³-hybridized carbons (Fsp3) is 0. The standard InChI is InChI=1S/C12H10N6O2/c19-11(10-16-12(20)18-17-10)15-9-3-1-2-7(4-9)8-5-13-14-6-8/h1-6H,(H,13,14)(H,15,19)(H2,16,17,18,20). The third-order valence-corrected chi connectivity index (χ3v) is 2.67. The van der Waals surface area contributed by atoms with Gasteiger partial charge in [0.1, 0.15) is 0 Å². The van der Waals surface area contributed by atoms with Crippen molar-refractivity contribution in [2.75, 3.05) is 5.32 Å². The van der Waals surface area contributed by atoms with Gasteiger partial charge in [-0.25, -0.2) is 9.89 Å². The molecule has 20 heavy (non-hydrogen) atoms. The van der Waals surface area contributed by atoms with Crippen LogP contribution in [-0.4, -0.2) is 31.3 Å². The Morgan fingerprint density at radius 1 is 1.25 bits per heavy atom. The van der Waals surface area contributed by atoms with Gasteiger partial charge in [-0.15, -0.1) is 5.10 Å². The molecule has 0 saturated carbocycles. The quantitative estimate of drug-likeness (QED) is 0.561. The maximum atomic E-state index is 11.8. The monoisotopic (exact) mass is 270 g/mol. The molecule has 2 heterocycles. The van der Waals surface area contributed by atoms with Crippen LogP contribution in [0.4, 0.5) is 5.69 Å². The van der Waals surface area contributed by atoms with Crippen LogP contribution in [0.2, 0.25) is 0 Å². The van der Waals surface area contributed by atoms with Crippen LogP contribution in [0, 0.1) is 0 Å². The predicted octanol–water partition coefficient (Wildman–Crippen LogP) is 0.740. The molecule has 4 N–H and O–H groups in total. The summed E-state index contributed by atoms with van der Waals surface area (Å²) in [5, 5.41) is 14.9. The number of carbonyl (C=O) groups excluding carboxylic acids is 1. The second kappa shape index (κ2) is 4.84. The van der Waals surface area contributed by atoms with Gasteiger partial charge in [-0.1, -0.05) is 12.1 Å². The zero-order valence-corrected chi connectivity index (χ0v) is 10.2. The molecule has 8 heteroatoms. The van der Waals surface area contributed by atoms with Crippen molar-refractivity contribution < 1.29 is 4.79 Å². The first-order chi connectivity index (χ1) is 9.72. The van der Waals surface area contributed by atoms with E-state index in [0.717, 1.165) is 11.1 Å². The lowest BCUT2D eigenvalue weighted by molar-refractivity contribution is 0.101. The molecule has 0 bridgehead atoms. The molecule has 0 fully saturated rings. The predicted molar refractivity (Wildman–Crippen MR) is 71.2 cm³/mol. The van der Waals surface area contributed by atoms with Crippen LogP contribution in [0.25, 0.3) is 11.1 Å². The molecule has 0 aliphatic carbocycles. The van der Waals surface area contributed by atoms with Crippen LogP contribution in [0.1, 0.15) is 10.6 Å². The Morgan fingerprint density at radius 2 is 2.15 bits per heavy atom. The number of nitrogens with zero attached hydrogens (tertiary/aromatic N) is 2. The Bertz CT molecular complexity index is 786. The first kappa shape index (κ1) is 11.9. The zero-order valence-electron chi connectivity index (χ0n) is 10.2. The fourth-order valence-corrected chi connectivity index (χ4v) is 1.75. The molecule has 1 aromatic carbocycles. The van der Waals surface area contributed by atoms with Crippen molar-refractivity contribution in [3.05, 3.63) is 53.0 Å². The zero-order chi connectivity index (χ0) is 13.9. The van der Waals surface area contributed by atoms with E-state index in [1.54, 1.807) is 24.5 Å². The van der Waals surface area contributed by atoms with Gasteiger partial charge >= 0.3 is 5.69 Å². The molecule has 0 saturated heterocycles. The van der Waals surface area contributed by atoms with Gasteiger partial charge in [-0.05, 0) is 17.7 Å². The number of hydrogen-bond acceptors (Lipinski definition) is 4. The number of anilines is 1. The van der Waals surface area contributed by atoms with E-state index in [0.29, 0.717) is 5.69 Å². The lowest BCUT2D eigenvalue weighted by atomic mass is 10.1. The van der Waals surface area contributed by atoms with E-state index in [-0.39, 0.29) is 5.82 Å². The largest absolute Gasteiger partial charge is 0.341 e. The average molecular weight is 270 g/mol. The summed E-state index contributed by atoms with van der Waals surface area (Å²) in [6, 6.07) is 7.25. The van der Waals surface area contributed by atoms with Gasteiger partial charge in [0, 0.05) is 17.4 Å². The number of amides is 1. The summed E-state index contributed by atoms with van der Waals surface area (Å²) in [7, 11) is 0. The van der Waals surface area contributed by atoms with E-state index in [2.05, 4.69) is 30.7 Å². The van der Waals surface area contributed by atoms with Gasteiger partial charge in [-0.3, -0.25) is 14.9 Å². The minimum Gasteiger partial charge on any atom is -0.319 e. The first-order valence-corrected chi connectivity index (χ1v) is 5.77. The van der Waals surface area contributed by atoms with Crippen molar-refractivity contribution >= 4 is 11.6 Å². The van der Waals surface area contributed by atoms with Gasteiger partial charge < -0.3 is 5.32 Å². The first-order valence-electron chi connectivity index (χ1n) is 5.77. The lowest BCUT2D eigenvalue weighted by Gasteiger charge is -2.04. The van der Waals surface area contributed by atoms with Crippen molar-refractivity contribution in [3.63, 3.8) is 0 Å². The Hall–Kier alpha value is -3.16. The molecule has 0 radical (unpaired) electrons. The molecule has 0 spiro atoms. The highest BCUT2D eigenvalue weighted by atomic mass is 16.2. The van der Waals surface area contributed by atoms with Gasteiger partial charge in [0.25, 0.3) is 5.91 Å². The van der Waals surface area contributed by atoms with Crippen molar-refractivity contribution in [2.24, 2.45) is 0 Å². The Balaban J connectivity index is 1.83. The molecule has 3 aromatic rings. The molecule has 0 atom stereocenters. The number of aromatic nitrogens is 5. The van der Waals surface area contributed by atoms with Gasteiger partial charge in [0.05, 0.1) is 6.20 Å². The summed E-state index contributed by atoms with van der Waals surface area (Å²) >= 11 is 0. The molecule has 2 aromatic heterocycles. The molecule has 0 aliphatic heterocycles. The number of hydrogen-bond donors (Lipinski definition) is 4. The normalized spacial score (nSPS) is 10.4. The van der Waals surface area contributed by atoms with E-state index < -0.39 is 11.6 Å². The Labute approximate surface area is 112 Å². The summed E-state index contributed by atoms with van der Waals surface area (Å²) in [6.07, 6.45) is 3.44. The van der Waals surface area contributed by atoms with Crippen LogP contribution in [-0.2, 0) is 0 Å². The Kier molecular flexibility index (Phi) is 2.88. The van der Waals surface area contributed by atoms with E-state index >= 15 is 0 Å². The number of H-pyrrole nitrogens is 3. The summed E-state index contributed by atoms with van der Waals surface area (Å²) in [5.74, 6) is -0.559. The molecule has 8 nitrogen and oxygen atoms in total. The molecule has 100 valence electrons. The number of benzene rings is 1. The lowest BCUT2D eigenvalue weighted by Crippen LogP contribution is -2.14. The van der Waals surface area contributed by atoms with Crippen LogP contribution in [0.3, 0.4) is 0 Å². The maximum Gasteiger partial charge on any atom is 0.341 e. The molecular weight excluding hydrogens is 260 g/mol. The summed E-state index contributed by atoms with van der Waals surface area (Å²) < 4.78 is 0.